The Balaban J connectivity index is 1.45. The number of anilines is 1. The maximum Gasteiger partial charge on any atom is 0.295 e. The first-order chi connectivity index (χ1) is 11.4. The van der Waals surface area contributed by atoms with Crippen molar-refractivity contribution >= 4 is 17.1 Å². The molecule has 23 heavy (non-hydrogen) atoms. The molecule has 6 heteroatoms. The second-order valence-electron chi connectivity index (χ2n) is 6.21. The number of hydrogen-bond acceptors (Lipinski definition) is 6. The third kappa shape index (κ3) is 3.34. The number of morpholine rings is 1. The number of hydrogen-bond donors (Lipinski definition) is 1. The van der Waals surface area contributed by atoms with E-state index in [4.69, 9.17) is 13.9 Å². The lowest BCUT2D eigenvalue weighted by Gasteiger charge is -2.37. The van der Waals surface area contributed by atoms with Gasteiger partial charge in [0.2, 0.25) is 0 Å². The summed E-state index contributed by atoms with van der Waals surface area (Å²) in [4.78, 5) is 7.02. The van der Waals surface area contributed by atoms with Gasteiger partial charge in [0.05, 0.1) is 19.8 Å². The van der Waals surface area contributed by atoms with E-state index in [0.717, 1.165) is 63.6 Å². The molecule has 1 aromatic carbocycles. The van der Waals surface area contributed by atoms with E-state index in [0.29, 0.717) is 18.0 Å². The number of fused-ring (bicyclic) bond motifs is 1. The van der Waals surface area contributed by atoms with E-state index < -0.39 is 0 Å². The fourth-order valence-electron chi connectivity index (χ4n) is 3.50. The predicted octanol–water partition coefficient (Wildman–Crippen LogP) is 1.98. The molecule has 0 amide bonds. The zero-order chi connectivity index (χ0) is 15.5. The quantitative estimate of drug-likeness (QED) is 0.910. The molecule has 2 saturated heterocycles. The maximum absolute atomic E-state index is 5.77. The van der Waals surface area contributed by atoms with E-state index >= 15 is 0 Å². The van der Waals surface area contributed by atoms with Crippen molar-refractivity contribution in [1.82, 2.24) is 9.88 Å². The normalized spacial score (nSPS) is 24.1. The van der Waals surface area contributed by atoms with E-state index in [1.54, 1.807) is 0 Å². The third-order valence-corrected chi connectivity index (χ3v) is 4.78. The summed E-state index contributed by atoms with van der Waals surface area (Å²) in [6.07, 6.45) is 1.12. The molecule has 2 fully saturated rings. The van der Waals surface area contributed by atoms with Crippen LogP contribution in [0.3, 0.4) is 0 Å². The van der Waals surface area contributed by atoms with Gasteiger partial charge in [-0.15, -0.1) is 0 Å². The lowest BCUT2D eigenvalue weighted by Crippen LogP contribution is -2.50. The van der Waals surface area contributed by atoms with Gasteiger partial charge < -0.3 is 19.2 Å². The molecule has 2 aliphatic heterocycles. The molecule has 6 nitrogen and oxygen atoms in total. The topological polar surface area (TPSA) is 59.8 Å². The fraction of sp³-hybridized carbons (Fsp3) is 0.588. The van der Waals surface area contributed by atoms with E-state index in [1.165, 1.54) is 0 Å². The number of aromatic nitrogens is 1. The van der Waals surface area contributed by atoms with Crippen molar-refractivity contribution < 1.29 is 13.9 Å². The van der Waals surface area contributed by atoms with Gasteiger partial charge in [0.1, 0.15) is 5.52 Å². The van der Waals surface area contributed by atoms with Crippen LogP contribution in [0.15, 0.2) is 28.7 Å². The Morgan fingerprint density at radius 2 is 2.04 bits per heavy atom. The average Bonchev–Trinajstić information content (AvgIpc) is 3.25. The van der Waals surface area contributed by atoms with Gasteiger partial charge >= 0.3 is 0 Å². The maximum atomic E-state index is 5.77. The van der Waals surface area contributed by atoms with Crippen molar-refractivity contribution in [3.8, 4) is 0 Å². The molecular formula is C17H23N3O3. The summed E-state index contributed by atoms with van der Waals surface area (Å²) in [6, 6.07) is 8.87. The van der Waals surface area contributed by atoms with Gasteiger partial charge in [-0.3, -0.25) is 4.90 Å². The number of oxazole rings is 1. The Hall–Kier alpha value is -1.63. The molecule has 0 aliphatic carbocycles. The van der Waals surface area contributed by atoms with E-state index in [2.05, 4.69) is 15.2 Å². The Labute approximate surface area is 135 Å². The molecule has 1 aromatic heterocycles. The van der Waals surface area contributed by atoms with Gasteiger partial charge in [0, 0.05) is 38.2 Å². The van der Waals surface area contributed by atoms with Gasteiger partial charge in [-0.2, -0.15) is 4.98 Å². The summed E-state index contributed by atoms with van der Waals surface area (Å²) in [6.45, 7) is 6.12. The number of benzene rings is 1. The van der Waals surface area contributed by atoms with E-state index in [9.17, 15) is 0 Å². The van der Waals surface area contributed by atoms with Crippen molar-refractivity contribution in [2.45, 2.75) is 12.5 Å². The number of ether oxygens (including phenoxy) is 2. The van der Waals surface area contributed by atoms with Gasteiger partial charge in [-0.25, -0.2) is 0 Å². The van der Waals surface area contributed by atoms with Crippen LogP contribution in [0.4, 0.5) is 6.01 Å². The Morgan fingerprint density at radius 3 is 2.83 bits per heavy atom. The Morgan fingerprint density at radius 1 is 1.17 bits per heavy atom. The molecule has 1 N–H and O–H groups in total. The second-order valence-corrected chi connectivity index (χ2v) is 6.21. The summed E-state index contributed by atoms with van der Waals surface area (Å²) in [7, 11) is 0. The van der Waals surface area contributed by atoms with Crippen molar-refractivity contribution in [2.75, 3.05) is 51.4 Å². The van der Waals surface area contributed by atoms with Crippen molar-refractivity contribution in [3.05, 3.63) is 24.3 Å². The van der Waals surface area contributed by atoms with Crippen LogP contribution < -0.4 is 5.32 Å². The molecule has 3 heterocycles. The standard InChI is InChI=1S/C17H23N3O3/c1-2-4-16-14(3-1)19-17(23-16)18-11-15(13-5-8-22-12-13)20-6-9-21-10-7-20/h1-4,13,15H,5-12H2,(H,18,19). The lowest BCUT2D eigenvalue weighted by atomic mass is 9.97. The van der Waals surface area contributed by atoms with E-state index in [-0.39, 0.29) is 0 Å². The number of nitrogens with one attached hydrogen (secondary N) is 1. The van der Waals surface area contributed by atoms with Crippen molar-refractivity contribution in [2.24, 2.45) is 5.92 Å². The lowest BCUT2D eigenvalue weighted by molar-refractivity contribution is 0.00451. The minimum absolute atomic E-state index is 0.427. The predicted molar refractivity (Wildman–Crippen MR) is 87.6 cm³/mol. The second kappa shape index (κ2) is 6.86. The van der Waals surface area contributed by atoms with Gasteiger partial charge in [0.25, 0.3) is 6.01 Å². The first-order valence-corrected chi connectivity index (χ1v) is 8.39. The molecule has 2 aromatic rings. The average molecular weight is 317 g/mol. The molecular weight excluding hydrogens is 294 g/mol. The highest BCUT2D eigenvalue weighted by atomic mass is 16.5. The highest BCUT2D eigenvalue weighted by molar-refractivity contribution is 5.74. The minimum Gasteiger partial charge on any atom is -0.424 e. The summed E-state index contributed by atoms with van der Waals surface area (Å²) in [5.74, 6) is 0.560. The summed E-state index contributed by atoms with van der Waals surface area (Å²) in [5.41, 5.74) is 1.71. The summed E-state index contributed by atoms with van der Waals surface area (Å²) < 4.78 is 16.9. The molecule has 2 aliphatic rings. The van der Waals surface area contributed by atoms with Crippen LogP contribution in [-0.4, -0.2) is 62.0 Å². The molecule has 4 rings (SSSR count). The minimum atomic E-state index is 0.427. The molecule has 124 valence electrons. The molecule has 0 spiro atoms. The van der Waals surface area contributed by atoms with Crippen LogP contribution in [0.2, 0.25) is 0 Å². The first kappa shape index (κ1) is 14.9. The van der Waals surface area contributed by atoms with Crippen molar-refractivity contribution in [1.29, 1.82) is 0 Å². The Bertz CT molecular complexity index is 600. The highest BCUT2D eigenvalue weighted by Crippen LogP contribution is 2.24. The van der Waals surface area contributed by atoms with Gasteiger partial charge in [0.15, 0.2) is 5.58 Å². The van der Waals surface area contributed by atoms with E-state index in [1.807, 2.05) is 24.3 Å². The largest absolute Gasteiger partial charge is 0.424 e. The van der Waals surface area contributed by atoms with Crippen LogP contribution in [0.1, 0.15) is 6.42 Å². The summed E-state index contributed by atoms with van der Waals surface area (Å²) >= 11 is 0. The van der Waals surface area contributed by atoms with Crippen LogP contribution in [0.25, 0.3) is 11.1 Å². The molecule has 2 unspecified atom stereocenters. The third-order valence-electron chi connectivity index (χ3n) is 4.78. The number of nitrogens with zero attached hydrogens (tertiary/aromatic N) is 2. The zero-order valence-electron chi connectivity index (χ0n) is 13.2. The molecule has 2 atom stereocenters. The Kier molecular flexibility index (Phi) is 4.46. The smallest absolute Gasteiger partial charge is 0.295 e. The van der Waals surface area contributed by atoms with Crippen LogP contribution >= 0.6 is 0 Å². The molecule has 0 radical (unpaired) electrons. The SMILES string of the molecule is c1ccc2oc(NCC(C3CCOC3)N3CCOCC3)nc2c1. The van der Waals surface area contributed by atoms with Crippen LogP contribution in [-0.2, 0) is 9.47 Å². The van der Waals surface area contributed by atoms with Gasteiger partial charge in [-0.1, -0.05) is 12.1 Å². The fourth-order valence-corrected chi connectivity index (χ4v) is 3.50. The van der Waals surface area contributed by atoms with Gasteiger partial charge in [-0.05, 0) is 18.6 Å². The highest BCUT2D eigenvalue weighted by Gasteiger charge is 2.31. The van der Waals surface area contributed by atoms with Crippen molar-refractivity contribution in [3.63, 3.8) is 0 Å². The number of para-hydroxylation sites is 2. The van der Waals surface area contributed by atoms with Crippen LogP contribution in [0, 0.1) is 5.92 Å². The molecule has 0 bridgehead atoms. The first-order valence-electron chi connectivity index (χ1n) is 8.39. The summed E-state index contributed by atoms with van der Waals surface area (Å²) in [5, 5.41) is 3.39. The molecule has 0 saturated carbocycles. The zero-order valence-corrected chi connectivity index (χ0v) is 13.2. The monoisotopic (exact) mass is 317 g/mol. The number of rotatable bonds is 5. The van der Waals surface area contributed by atoms with Crippen LogP contribution in [0.5, 0.6) is 0 Å².